The van der Waals surface area contributed by atoms with Gasteiger partial charge < -0.3 is 15.0 Å². The van der Waals surface area contributed by atoms with Crippen LogP contribution in [0.5, 0.6) is 0 Å². The molecule has 0 spiro atoms. The molecule has 174 valence electrons. The Kier molecular flexibility index (Phi) is 7.83. The Morgan fingerprint density at radius 3 is 2.50 bits per heavy atom. The van der Waals surface area contributed by atoms with Crippen molar-refractivity contribution < 1.29 is 14.3 Å². The van der Waals surface area contributed by atoms with Crippen molar-refractivity contribution in [1.29, 1.82) is 0 Å². The number of aryl methyl sites for hydroxylation is 1. The molecule has 1 N–H and O–H groups in total. The molecule has 0 unspecified atom stereocenters. The maximum atomic E-state index is 13.5. The van der Waals surface area contributed by atoms with E-state index in [0.29, 0.717) is 30.2 Å². The highest BCUT2D eigenvalue weighted by atomic mass is 32.2. The molecule has 0 radical (unpaired) electrons. The van der Waals surface area contributed by atoms with E-state index in [9.17, 15) is 9.59 Å². The van der Waals surface area contributed by atoms with E-state index in [1.54, 1.807) is 19.2 Å². The average Bonchev–Trinajstić information content (AvgIpc) is 2.86. The summed E-state index contributed by atoms with van der Waals surface area (Å²) in [5.74, 6) is -0.138. The van der Waals surface area contributed by atoms with E-state index in [4.69, 9.17) is 4.74 Å². The normalized spacial score (nSPS) is 14.2. The maximum absolute atomic E-state index is 13.5. The van der Waals surface area contributed by atoms with Crippen LogP contribution in [-0.2, 0) is 16.1 Å². The second-order valence-electron chi connectivity index (χ2n) is 8.18. The predicted molar refractivity (Wildman–Crippen MR) is 138 cm³/mol. The lowest BCUT2D eigenvalue weighted by atomic mass is 10.1. The van der Waals surface area contributed by atoms with Crippen LogP contribution in [0.25, 0.3) is 6.08 Å². The summed E-state index contributed by atoms with van der Waals surface area (Å²) in [6.45, 7) is 3.75. The number of hydrogen-bond donors (Lipinski definition) is 1. The number of thioether (sulfide) groups is 1. The number of carbonyl (C=O) groups excluding carboxylic acids is 2. The van der Waals surface area contributed by atoms with Gasteiger partial charge in [0.15, 0.2) is 0 Å². The van der Waals surface area contributed by atoms with Gasteiger partial charge in [0.25, 0.3) is 11.8 Å². The van der Waals surface area contributed by atoms with Gasteiger partial charge in [0.05, 0.1) is 17.1 Å². The van der Waals surface area contributed by atoms with Crippen molar-refractivity contribution in [3.63, 3.8) is 0 Å². The summed E-state index contributed by atoms with van der Waals surface area (Å²) in [6.07, 6.45) is 2.66. The van der Waals surface area contributed by atoms with Gasteiger partial charge in [-0.25, -0.2) is 0 Å². The number of anilines is 1. The van der Waals surface area contributed by atoms with E-state index >= 15 is 0 Å². The third kappa shape index (κ3) is 5.76. The highest BCUT2D eigenvalue weighted by Crippen LogP contribution is 2.42. The molecule has 0 bridgehead atoms. The molecule has 5 nitrogen and oxygen atoms in total. The molecule has 0 atom stereocenters. The highest BCUT2D eigenvalue weighted by Gasteiger charge is 2.29. The minimum Gasteiger partial charge on any atom is -0.385 e. The number of para-hydroxylation sites is 1. The molecule has 0 saturated carbocycles. The number of nitrogens with one attached hydrogen (secondary N) is 1. The summed E-state index contributed by atoms with van der Waals surface area (Å²) in [4.78, 5) is 29.3. The van der Waals surface area contributed by atoms with Gasteiger partial charge in [0.2, 0.25) is 0 Å². The zero-order valence-electron chi connectivity index (χ0n) is 19.4. The molecule has 0 aliphatic carbocycles. The lowest BCUT2D eigenvalue weighted by Gasteiger charge is -2.30. The highest BCUT2D eigenvalue weighted by molar-refractivity contribution is 8.04. The molecular formula is C28H28N2O3S. The van der Waals surface area contributed by atoms with Crippen LogP contribution in [0.4, 0.5) is 5.69 Å². The minimum absolute atomic E-state index is 0.0239. The van der Waals surface area contributed by atoms with Gasteiger partial charge in [0.1, 0.15) is 0 Å². The summed E-state index contributed by atoms with van der Waals surface area (Å²) in [5.41, 5.74) is 4.67. The number of fused-ring (bicyclic) bond motifs is 1. The van der Waals surface area contributed by atoms with Crippen LogP contribution in [0.15, 0.2) is 82.6 Å². The Labute approximate surface area is 204 Å². The molecule has 34 heavy (non-hydrogen) atoms. The smallest absolute Gasteiger partial charge is 0.265 e. The third-order valence-electron chi connectivity index (χ3n) is 5.57. The molecule has 6 heteroatoms. The first-order chi connectivity index (χ1) is 16.5. The summed E-state index contributed by atoms with van der Waals surface area (Å²) < 4.78 is 5.00. The second-order valence-corrected chi connectivity index (χ2v) is 9.26. The van der Waals surface area contributed by atoms with Crippen molar-refractivity contribution in [2.75, 3.05) is 25.2 Å². The largest absolute Gasteiger partial charge is 0.385 e. The first-order valence-electron chi connectivity index (χ1n) is 11.3. The van der Waals surface area contributed by atoms with Crippen molar-refractivity contribution in [1.82, 2.24) is 5.32 Å². The van der Waals surface area contributed by atoms with Crippen LogP contribution >= 0.6 is 11.8 Å². The van der Waals surface area contributed by atoms with Crippen LogP contribution in [0.1, 0.15) is 33.5 Å². The fraction of sp³-hybridized carbons (Fsp3) is 0.214. The van der Waals surface area contributed by atoms with Crippen molar-refractivity contribution >= 4 is 35.3 Å². The van der Waals surface area contributed by atoms with Crippen molar-refractivity contribution in [3.8, 4) is 0 Å². The van der Waals surface area contributed by atoms with Crippen molar-refractivity contribution in [2.45, 2.75) is 24.8 Å². The predicted octanol–water partition coefficient (Wildman–Crippen LogP) is 5.44. The van der Waals surface area contributed by atoms with Gasteiger partial charge >= 0.3 is 0 Å². The molecular weight excluding hydrogens is 444 g/mol. The van der Waals surface area contributed by atoms with Crippen molar-refractivity contribution in [3.05, 3.63) is 100.0 Å². The molecule has 2 amide bonds. The average molecular weight is 473 g/mol. The maximum Gasteiger partial charge on any atom is 0.265 e. The quantitative estimate of drug-likeness (QED) is 0.350. The molecule has 4 rings (SSSR count). The Morgan fingerprint density at radius 2 is 1.76 bits per heavy atom. The number of carbonyl (C=O) groups is 2. The van der Waals surface area contributed by atoms with Gasteiger partial charge in [-0.15, -0.1) is 0 Å². The zero-order chi connectivity index (χ0) is 23.9. The van der Waals surface area contributed by atoms with Gasteiger partial charge in [-0.2, -0.15) is 0 Å². The summed E-state index contributed by atoms with van der Waals surface area (Å²) >= 11 is 1.48. The summed E-state index contributed by atoms with van der Waals surface area (Å²) in [5, 5.41) is 2.89. The van der Waals surface area contributed by atoms with Gasteiger partial charge in [-0.05, 0) is 54.8 Å². The van der Waals surface area contributed by atoms with E-state index in [1.807, 2.05) is 47.4 Å². The van der Waals surface area contributed by atoms with Crippen LogP contribution < -0.4 is 10.2 Å². The number of rotatable bonds is 8. The number of benzene rings is 3. The topological polar surface area (TPSA) is 58.6 Å². The summed E-state index contributed by atoms with van der Waals surface area (Å²) in [7, 11) is 1.64. The second kappa shape index (κ2) is 11.2. The number of ether oxygens (including phenoxy) is 1. The lowest BCUT2D eigenvalue weighted by molar-refractivity contribution is -0.114. The van der Waals surface area contributed by atoms with Crippen LogP contribution in [0.3, 0.4) is 0 Å². The van der Waals surface area contributed by atoms with Crippen LogP contribution in [0.2, 0.25) is 0 Å². The SMILES string of the molecule is COCCCNC(=O)c1ccc(C=C2Sc3ccccc3N(Cc3ccc(C)cc3)C2=O)cc1. The number of methoxy groups -OCH3 is 1. The first kappa shape index (κ1) is 23.8. The van der Waals surface area contributed by atoms with E-state index in [0.717, 1.165) is 28.1 Å². The monoisotopic (exact) mass is 472 g/mol. The minimum atomic E-state index is -0.114. The Bertz CT molecular complexity index is 1190. The van der Waals surface area contributed by atoms with Gasteiger partial charge in [0, 0.05) is 30.7 Å². The molecule has 1 aliphatic heterocycles. The Morgan fingerprint density at radius 1 is 1.03 bits per heavy atom. The van der Waals surface area contributed by atoms with E-state index in [-0.39, 0.29) is 11.8 Å². The van der Waals surface area contributed by atoms with E-state index in [2.05, 4.69) is 36.5 Å². The van der Waals surface area contributed by atoms with Gasteiger partial charge in [-0.3, -0.25) is 9.59 Å². The fourth-order valence-electron chi connectivity index (χ4n) is 3.70. The number of hydrogen-bond acceptors (Lipinski definition) is 4. The summed E-state index contributed by atoms with van der Waals surface area (Å²) in [6, 6.07) is 23.6. The molecule has 3 aromatic carbocycles. The van der Waals surface area contributed by atoms with Crippen molar-refractivity contribution in [2.24, 2.45) is 0 Å². The lowest BCUT2D eigenvalue weighted by Crippen LogP contribution is -2.33. The zero-order valence-corrected chi connectivity index (χ0v) is 20.2. The number of amides is 2. The first-order valence-corrected chi connectivity index (χ1v) is 12.1. The molecule has 1 aliphatic rings. The third-order valence-corrected chi connectivity index (χ3v) is 6.65. The van der Waals surface area contributed by atoms with Gasteiger partial charge in [-0.1, -0.05) is 65.9 Å². The number of nitrogens with zero attached hydrogens (tertiary/aromatic N) is 1. The van der Waals surface area contributed by atoms with Crippen LogP contribution in [-0.4, -0.2) is 32.1 Å². The molecule has 0 fully saturated rings. The van der Waals surface area contributed by atoms with E-state index in [1.165, 1.54) is 17.3 Å². The fourth-order valence-corrected chi connectivity index (χ4v) is 4.76. The molecule has 0 aromatic heterocycles. The van der Waals surface area contributed by atoms with E-state index < -0.39 is 0 Å². The molecule has 1 heterocycles. The van der Waals surface area contributed by atoms with Crippen LogP contribution in [0, 0.1) is 6.92 Å². The Balaban J connectivity index is 1.53. The molecule has 3 aromatic rings. The Hall–Kier alpha value is -3.35. The standard InChI is InChI=1S/C28H28N2O3S/c1-20-8-10-22(11-9-20)19-30-24-6-3-4-7-25(24)34-26(28(30)32)18-21-12-14-23(15-13-21)27(31)29-16-5-17-33-2/h3-4,6-15,18H,5,16-17,19H2,1-2H3,(H,29,31). The molecule has 0 saturated heterocycles.